The number of benzene rings is 1. The number of aromatic nitrogens is 2. The van der Waals surface area contributed by atoms with Crippen molar-refractivity contribution >= 4 is 32.5 Å². The Kier molecular flexibility index (Phi) is 3.53. The van der Waals surface area contributed by atoms with Gasteiger partial charge in [0.15, 0.2) is 0 Å². The molecule has 0 unspecified atom stereocenters. The van der Waals surface area contributed by atoms with Gasteiger partial charge in [-0.3, -0.25) is 0 Å². The first-order valence-electron chi connectivity index (χ1n) is 8.73. The smallest absolute Gasteiger partial charge is 0.339 e. The van der Waals surface area contributed by atoms with E-state index >= 15 is 0 Å². The van der Waals surface area contributed by atoms with Gasteiger partial charge in [-0.1, -0.05) is 6.92 Å². The third-order valence-electron chi connectivity index (χ3n) is 4.85. The van der Waals surface area contributed by atoms with Crippen molar-refractivity contribution in [3.8, 4) is 11.6 Å². The normalized spacial score (nSPS) is 13.4. The number of fused-ring (bicyclic) bond motifs is 4. The van der Waals surface area contributed by atoms with Crippen LogP contribution in [0.3, 0.4) is 0 Å². The van der Waals surface area contributed by atoms with Gasteiger partial charge in [0.1, 0.15) is 22.5 Å². The lowest BCUT2D eigenvalue weighted by Gasteiger charge is -2.08. The number of ether oxygens (including phenoxy) is 1. The second kappa shape index (κ2) is 5.92. The standard InChI is InChI=1S/C20H16N2O3S/c1-2-12-9-16-18(21-10-22-19(16)26-12)24-11-6-7-14-13-4-3-5-15(13)20(23)25-17(14)8-11/h6-10H,2-5H2,1H3. The lowest BCUT2D eigenvalue weighted by molar-refractivity contribution is 0.466. The first-order chi connectivity index (χ1) is 12.7. The fraction of sp³-hybridized carbons (Fsp3) is 0.250. The molecule has 0 atom stereocenters. The molecule has 1 aromatic carbocycles. The molecule has 6 heteroatoms. The van der Waals surface area contributed by atoms with Crippen LogP contribution in [0.2, 0.25) is 0 Å². The lowest BCUT2D eigenvalue weighted by atomic mass is 10.1. The van der Waals surface area contributed by atoms with E-state index in [2.05, 4.69) is 23.0 Å². The molecule has 5 nitrogen and oxygen atoms in total. The van der Waals surface area contributed by atoms with Gasteiger partial charge in [0.2, 0.25) is 5.88 Å². The van der Waals surface area contributed by atoms with Gasteiger partial charge in [-0.15, -0.1) is 11.3 Å². The summed E-state index contributed by atoms with van der Waals surface area (Å²) in [6, 6.07) is 7.73. The molecule has 130 valence electrons. The van der Waals surface area contributed by atoms with Crippen LogP contribution in [0.5, 0.6) is 11.6 Å². The predicted molar refractivity (Wildman–Crippen MR) is 101 cm³/mol. The zero-order valence-corrected chi connectivity index (χ0v) is 15.1. The zero-order valence-electron chi connectivity index (χ0n) is 14.2. The number of nitrogens with zero attached hydrogens (tertiary/aromatic N) is 2. The second-order valence-electron chi connectivity index (χ2n) is 6.42. The van der Waals surface area contributed by atoms with E-state index in [4.69, 9.17) is 9.15 Å². The van der Waals surface area contributed by atoms with Crippen LogP contribution < -0.4 is 10.4 Å². The van der Waals surface area contributed by atoms with E-state index in [1.165, 1.54) is 11.2 Å². The highest BCUT2D eigenvalue weighted by Gasteiger charge is 2.20. The maximum atomic E-state index is 12.2. The molecule has 26 heavy (non-hydrogen) atoms. The lowest BCUT2D eigenvalue weighted by Crippen LogP contribution is -2.06. The summed E-state index contributed by atoms with van der Waals surface area (Å²) < 4.78 is 11.5. The fourth-order valence-electron chi connectivity index (χ4n) is 3.58. The Bertz CT molecular complexity index is 1210. The molecule has 0 saturated carbocycles. The van der Waals surface area contributed by atoms with Crippen LogP contribution in [0.25, 0.3) is 21.2 Å². The molecule has 3 heterocycles. The fourth-order valence-corrected chi connectivity index (χ4v) is 4.50. The highest BCUT2D eigenvalue weighted by atomic mass is 32.1. The monoisotopic (exact) mass is 364 g/mol. The molecule has 0 bridgehead atoms. The van der Waals surface area contributed by atoms with Crippen molar-refractivity contribution in [1.82, 2.24) is 9.97 Å². The molecule has 1 aliphatic carbocycles. The molecular weight excluding hydrogens is 348 g/mol. The minimum absolute atomic E-state index is 0.225. The van der Waals surface area contributed by atoms with Crippen LogP contribution >= 0.6 is 11.3 Å². The Labute approximate surface area is 153 Å². The molecule has 3 aromatic heterocycles. The number of thiophene rings is 1. The van der Waals surface area contributed by atoms with E-state index in [1.807, 2.05) is 12.1 Å². The van der Waals surface area contributed by atoms with Crippen molar-refractivity contribution in [2.75, 3.05) is 0 Å². The average Bonchev–Trinajstić information content (AvgIpc) is 3.29. The Hall–Kier alpha value is -2.73. The summed E-state index contributed by atoms with van der Waals surface area (Å²) in [5.41, 5.74) is 2.29. The molecule has 0 spiro atoms. The Morgan fingerprint density at radius 1 is 1.15 bits per heavy atom. The Morgan fingerprint density at radius 2 is 2.04 bits per heavy atom. The molecule has 4 aromatic rings. The first kappa shape index (κ1) is 15.5. The van der Waals surface area contributed by atoms with Crippen LogP contribution in [0.15, 0.2) is 39.8 Å². The topological polar surface area (TPSA) is 65.2 Å². The number of aryl methyl sites for hydroxylation is 2. The van der Waals surface area contributed by atoms with Gasteiger partial charge in [0.05, 0.1) is 5.39 Å². The third kappa shape index (κ3) is 2.41. The van der Waals surface area contributed by atoms with Crippen LogP contribution in [-0.4, -0.2) is 9.97 Å². The maximum absolute atomic E-state index is 12.2. The van der Waals surface area contributed by atoms with Gasteiger partial charge in [0, 0.05) is 21.9 Å². The summed E-state index contributed by atoms with van der Waals surface area (Å²) in [7, 11) is 0. The van der Waals surface area contributed by atoms with Gasteiger partial charge in [-0.2, -0.15) is 0 Å². The Morgan fingerprint density at radius 3 is 2.92 bits per heavy atom. The zero-order chi connectivity index (χ0) is 17.7. The van der Waals surface area contributed by atoms with Crippen molar-refractivity contribution in [3.63, 3.8) is 0 Å². The van der Waals surface area contributed by atoms with Gasteiger partial charge in [-0.05, 0) is 49.4 Å². The van der Waals surface area contributed by atoms with Gasteiger partial charge >= 0.3 is 5.63 Å². The molecular formula is C20H16N2O3S. The van der Waals surface area contributed by atoms with E-state index in [9.17, 15) is 4.79 Å². The number of hydrogen-bond acceptors (Lipinski definition) is 6. The Balaban J connectivity index is 1.59. The highest BCUT2D eigenvalue weighted by molar-refractivity contribution is 7.18. The predicted octanol–water partition coefficient (Wildman–Crippen LogP) is 4.64. The second-order valence-corrected chi connectivity index (χ2v) is 7.54. The van der Waals surface area contributed by atoms with Crippen molar-refractivity contribution < 1.29 is 9.15 Å². The van der Waals surface area contributed by atoms with Crippen molar-refractivity contribution in [2.24, 2.45) is 0 Å². The minimum atomic E-state index is -0.225. The van der Waals surface area contributed by atoms with Gasteiger partial charge in [-0.25, -0.2) is 14.8 Å². The molecule has 0 amide bonds. The molecule has 1 aliphatic rings. The molecule has 0 fully saturated rings. The average molecular weight is 364 g/mol. The van der Waals surface area contributed by atoms with Crippen LogP contribution in [0.1, 0.15) is 29.3 Å². The molecule has 0 N–H and O–H groups in total. The summed E-state index contributed by atoms with van der Waals surface area (Å²) >= 11 is 1.65. The van der Waals surface area contributed by atoms with Crippen LogP contribution in [0, 0.1) is 0 Å². The van der Waals surface area contributed by atoms with Gasteiger partial charge in [0.25, 0.3) is 0 Å². The van der Waals surface area contributed by atoms with Crippen molar-refractivity contribution in [2.45, 2.75) is 32.6 Å². The van der Waals surface area contributed by atoms with E-state index in [1.54, 1.807) is 17.4 Å². The van der Waals surface area contributed by atoms with Crippen LogP contribution in [-0.2, 0) is 19.3 Å². The van der Waals surface area contributed by atoms with E-state index in [-0.39, 0.29) is 5.63 Å². The van der Waals surface area contributed by atoms with Crippen molar-refractivity contribution in [3.05, 3.63) is 57.0 Å². The summed E-state index contributed by atoms with van der Waals surface area (Å²) in [5, 5.41) is 1.91. The first-order valence-corrected chi connectivity index (χ1v) is 9.54. The highest BCUT2D eigenvalue weighted by Crippen LogP contribution is 2.34. The third-order valence-corrected chi connectivity index (χ3v) is 6.04. The van der Waals surface area contributed by atoms with E-state index < -0.39 is 0 Å². The van der Waals surface area contributed by atoms with Crippen molar-refractivity contribution in [1.29, 1.82) is 0 Å². The molecule has 0 saturated heterocycles. The minimum Gasteiger partial charge on any atom is -0.438 e. The summed E-state index contributed by atoms with van der Waals surface area (Å²) in [6.07, 6.45) is 5.21. The number of rotatable bonds is 3. The SMILES string of the molecule is CCc1cc2c(Oc3ccc4c5c(c(=O)oc4c3)CCC5)ncnc2s1. The maximum Gasteiger partial charge on any atom is 0.339 e. The van der Waals surface area contributed by atoms with Gasteiger partial charge < -0.3 is 9.15 Å². The largest absolute Gasteiger partial charge is 0.438 e. The van der Waals surface area contributed by atoms with E-state index in [0.717, 1.165) is 52.4 Å². The van der Waals surface area contributed by atoms with Crippen LogP contribution in [0.4, 0.5) is 0 Å². The summed E-state index contributed by atoms with van der Waals surface area (Å²) in [4.78, 5) is 22.9. The summed E-state index contributed by atoms with van der Waals surface area (Å²) in [5.74, 6) is 1.12. The molecule has 0 aliphatic heterocycles. The summed E-state index contributed by atoms with van der Waals surface area (Å²) in [6.45, 7) is 2.11. The van der Waals surface area contributed by atoms with E-state index in [0.29, 0.717) is 17.2 Å². The number of hydrogen-bond donors (Lipinski definition) is 0. The molecule has 0 radical (unpaired) electrons. The molecule has 5 rings (SSSR count). The quantitative estimate of drug-likeness (QED) is 0.496.